The number of methoxy groups -OCH3 is 2. The molecule has 0 radical (unpaired) electrons. The summed E-state index contributed by atoms with van der Waals surface area (Å²) in [5.74, 6) is 0.529. The van der Waals surface area contributed by atoms with Gasteiger partial charge in [-0.1, -0.05) is 42.2 Å². The van der Waals surface area contributed by atoms with E-state index in [1.165, 1.54) is 23.8 Å². The number of thioether (sulfide) groups is 1. The van der Waals surface area contributed by atoms with Crippen molar-refractivity contribution >= 4 is 51.9 Å². The lowest BCUT2D eigenvalue weighted by atomic mass is 10.1. The van der Waals surface area contributed by atoms with Gasteiger partial charge in [0.2, 0.25) is 0 Å². The number of carbonyl (C=O) groups is 2. The maximum Gasteiger partial charge on any atom is 0.270 e. The van der Waals surface area contributed by atoms with Gasteiger partial charge in [-0.25, -0.2) is 0 Å². The second-order valence-corrected chi connectivity index (χ2v) is 7.53. The van der Waals surface area contributed by atoms with Crippen LogP contribution in [0, 0.1) is 0 Å². The Kier molecular flexibility index (Phi) is 6.40. The van der Waals surface area contributed by atoms with Crippen LogP contribution in [0.3, 0.4) is 0 Å². The predicted octanol–water partition coefficient (Wildman–Crippen LogP) is 2.97. The zero-order chi connectivity index (χ0) is 21.0. The first-order valence-corrected chi connectivity index (χ1v) is 9.67. The smallest absolute Gasteiger partial charge is 0.270 e. The minimum absolute atomic E-state index is 0.238. The van der Waals surface area contributed by atoms with Crippen LogP contribution in [0.1, 0.15) is 5.56 Å². The Labute approximate surface area is 177 Å². The van der Waals surface area contributed by atoms with Gasteiger partial charge in [0.25, 0.3) is 11.8 Å². The highest BCUT2D eigenvalue weighted by atomic mass is 32.2. The molecule has 2 N–H and O–H groups in total. The maximum atomic E-state index is 13.0. The summed E-state index contributed by atoms with van der Waals surface area (Å²) < 4.78 is 16.4. The molecule has 150 valence electrons. The van der Waals surface area contributed by atoms with Crippen LogP contribution < -0.4 is 24.8 Å². The highest BCUT2D eigenvalue weighted by Gasteiger charge is 2.34. The van der Waals surface area contributed by atoms with Crippen molar-refractivity contribution in [1.29, 1.82) is 0 Å². The van der Waals surface area contributed by atoms with Crippen LogP contribution >= 0.6 is 24.0 Å². The Morgan fingerprint density at radius 3 is 2.55 bits per heavy atom. The average Bonchev–Trinajstić information content (AvgIpc) is 2.99. The van der Waals surface area contributed by atoms with Crippen molar-refractivity contribution in [3.8, 4) is 17.2 Å². The lowest BCUT2D eigenvalue weighted by Crippen LogP contribution is -2.27. The number of ether oxygens (including phenoxy) is 3. The lowest BCUT2D eigenvalue weighted by molar-refractivity contribution is -0.120. The molecule has 2 aromatic rings. The van der Waals surface area contributed by atoms with Crippen LogP contribution in [0.4, 0.5) is 5.69 Å². The van der Waals surface area contributed by atoms with Gasteiger partial charge in [-0.2, -0.15) is 0 Å². The normalized spacial score (nSPS) is 15.0. The molecule has 29 heavy (non-hydrogen) atoms. The summed E-state index contributed by atoms with van der Waals surface area (Å²) in [7, 11) is 3.03. The fourth-order valence-corrected chi connectivity index (χ4v) is 3.97. The summed E-state index contributed by atoms with van der Waals surface area (Å²) in [5, 5.41) is 0. The molecular formula is C20H18N2O5S2. The van der Waals surface area contributed by atoms with Crippen molar-refractivity contribution in [2.24, 2.45) is 5.73 Å². The van der Waals surface area contributed by atoms with Crippen LogP contribution in [0.25, 0.3) is 6.08 Å². The third-order valence-corrected chi connectivity index (χ3v) is 5.28. The van der Waals surface area contributed by atoms with E-state index < -0.39 is 5.91 Å². The first-order chi connectivity index (χ1) is 13.9. The number of amides is 2. The first kappa shape index (κ1) is 20.7. The standard InChI is InChI=1S/C20H18N2O5S2/c1-25-14-6-4-3-5-13(14)22-19(24)17(29-20(22)28)10-12-7-8-15(16(9-12)26-2)27-11-18(21)23/h3-10H,11H2,1-2H3,(H2,21,23)/b17-10-. The van der Waals surface area contributed by atoms with E-state index in [9.17, 15) is 9.59 Å². The van der Waals surface area contributed by atoms with Gasteiger partial charge in [-0.05, 0) is 35.9 Å². The molecule has 7 nitrogen and oxygen atoms in total. The van der Waals surface area contributed by atoms with Gasteiger partial charge in [0.1, 0.15) is 5.75 Å². The molecule has 2 amide bonds. The Morgan fingerprint density at radius 2 is 1.86 bits per heavy atom. The number of thiocarbonyl (C=S) groups is 1. The summed E-state index contributed by atoms with van der Waals surface area (Å²) in [5.41, 5.74) is 6.41. The van der Waals surface area contributed by atoms with Gasteiger partial charge < -0.3 is 19.9 Å². The summed E-state index contributed by atoms with van der Waals surface area (Å²) >= 11 is 6.61. The van der Waals surface area contributed by atoms with Gasteiger partial charge in [0, 0.05) is 0 Å². The number of para-hydroxylation sites is 2. The first-order valence-electron chi connectivity index (χ1n) is 8.44. The van der Waals surface area contributed by atoms with E-state index in [1.54, 1.807) is 43.5 Å². The fraction of sp³-hybridized carbons (Fsp3) is 0.150. The Morgan fingerprint density at radius 1 is 1.14 bits per heavy atom. The van der Waals surface area contributed by atoms with Crippen molar-refractivity contribution < 1.29 is 23.8 Å². The molecule has 1 saturated heterocycles. The number of anilines is 1. The Bertz CT molecular complexity index is 1010. The summed E-state index contributed by atoms with van der Waals surface area (Å²) in [6.07, 6.45) is 1.72. The minimum Gasteiger partial charge on any atom is -0.495 e. The third-order valence-electron chi connectivity index (χ3n) is 3.98. The SMILES string of the molecule is COc1cc(/C=C2\SC(=S)N(c3ccccc3OC)C2=O)ccc1OCC(N)=O. The average molecular weight is 431 g/mol. The van der Waals surface area contributed by atoms with E-state index in [-0.39, 0.29) is 12.5 Å². The molecule has 1 fully saturated rings. The quantitative estimate of drug-likeness (QED) is 0.533. The van der Waals surface area contributed by atoms with E-state index in [0.29, 0.717) is 37.7 Å². The second kappa shape index (κ2) is 8.97. The number of primary amides is 1. The molecule has 9 heteroatoms. The highest BCUT2D eigenvalue weighted by molar-refractivity contribution is 8.27. The van der Waals surface area contributed by atoms with E-state index in [4.69, 9.17) is 32.2 Å². The van der Waals surface area contributed by atoms with Gasteiger partial charge in [0.05, 0.1) is 24.8 Å². The van der Waals surface area contributed by atoms with Gasteiger partial charge in [0.15, 0.2) is 22.4 Å². The molecule has 0 saturated carbocycles. The van der Waals surface area contributed by atoms with Crippen molar-refractivity contribution in [3.05, 3.63) is 52.9 Å². The number of nitrogens with two attached hydrogens (primary N) is 1. The van der Waals surface area contributed by atoms with Crippen molar-refractivity contribution in [2.75, 3.05) is 25.7 Å². The summed E-state index contributed by atoms with van der Waals surface area (Å²) in [4.78, 5) is 25.8. The number of hydrogen-bond donors (Lipinski definition) is 1. The van der Waals surface area contributed by atoms with E-state index in [0.717, 1.165) is 0 Å². The molecule has 0 aromatic heterocycles. The number of carbonyl (C=O) groups excluding carboxylic acids is 2. The van der Waals surface area contributed by atoms with E-state index in [2.05, 4.69) is 0 Å². The minimum atomic E-state index is -0.587. The van der Waals surface area contributed by atoms with Crippen molar-refractivity contribution in [1.82, 2.24) is 0 Å². The lowest BCUT2D eigenvalue weighted by Gasteiger charge is -2.17. The summed E-state index contributed by atoms with van der Waals surface area (Å²) in [6, 6.07) is 12.3. The van der Waals surface area contributed by atoms with Gasteiger partial charge in [-0.3, -0.25) is 14.5 Å². The molecule has 1 heterocycles. The highest BCUT2D eigenvalue weighted by Crippen LogP contribution is 2.40. The molecule has 0 unspecified atom stereocenters. The van der Waals surface area contributed by atoms with Gasteiger partial charge in [-0.15, -0.1) is 0 Å². The van der Waals surface area contributed by atoms with E-state index in [1.807, 2.05) is 12.1 Å². The number of hydrogen-bond acceptors (Lipinski definition) is 7. The van der Waals surface area contributed by atoms with Crippen LogP contribution in [-0.4, -0.2) is 37.0 Å². The second-order valence-electron chi connectivity index (χ2n) is 5.85. The molecule has 2 aromatic carbocycles. The number of nitrogens with zero attached hydrogens (tertiary/aromatic N) is 1. The van der Waals surface area contributed by atoms with Crippen LogP contribution in [0.2, 0.25) is 0 Å². The molecule has 1 aliphatic rings. The largest absolute Gasteiger partial charge is 0.495 e. The molecule has 1 aliphatic heterocycles. The van der Waals surface area contributed by atoms with Gasteiger partial charge >= 0.3 is 0 Å². The van der Waals surface area contributed by atoms with Crippen LogP contribution in [0.5, 0.6) is 17.2 Å². The Hall–Kier alpha value is -3.04. The van der Waals surface area contributed by atoms with Crippen LogP contribution in [-0.2, 0) is 9.59 Å². The summed E-state index contributed by atoms with van der Waals surface area (Å²) in [6.45, 7) is -0.257. The zero-order valence-corrected chi connectivity index (χ0v) is 17.3. The third kappa shape index (κ3) is 4.52. The zero-order valence-electron chi connectivity index (χ0n) is 15.7. The van der Waals surface area contributed by atoms with Crippen molar-refractivity contribution in [2.45, 2.75) is 0 Å². The Balaban J connectivity index is 1.88. The molecular weight excluding hydrogens is 412 g/mol. The predicted molar refractivity (Wildman–Crippen MR) is 116 cm³/mol. The monoisotopic (exact) mass is 430 g/mol. The van der Waals surface area contributed by atoms with E-state index >= 15 is 0 Å². The molecule has 0 atom stereocenters. The maximum absolute atomic E-state index is 13.0. The number of rotatable bonds is 7. The molecule has 3 rings (SSSR count). The molecule has 0 bridgehead atoms. The molecule has 0 aliphatic carbocycles. The van der Waals surface area contributed by atoms with Crippen molar-refractivity contribution in [3.63, 3.8) is 0 Å². The van der Waals surface area contributed by atoms with Crippen LogP contribution in [0.15, 0.2) is 47.4 Å². The molecule has 0 spiro atoms. The fourth-order valence-electron chi connectivity index (χ4n) is 2.68. The topological polar surface area (TPSA) is 91.1 Å². The number of benzene rings is 2.